The topological polar surface area (TPSA) is 190 Å². The van der Waals surface area contributed by atoms with Crippen LogP contribution in [0.15, 0.2) is 48.6 Å². The number of ketones is 1. The van der Waals surface area contributed by atoms with Gasteiger partial charge < -0.3 is 36.6 Å². The van der Waals surface area contributed by atoms with Gasteiger partial charge in [-0.3, -0.25) is 14.4 Å². The van der Waals surface area contributed by atoms with Crippen LogP contribution in [0.5, 0.6) is 23.0 Å². The van der Waals surface area contributed by atoms with Crippen LogP contribution in [-0.2, 0) is 14.4 Å². The molecule has 0 bridgehead atoms. The molecule has 0 aliphatic rings. The number of nitrogens with two attached hydrogens (primary N) is 1. The lowest BCUT2D eigenvalue weighted by Crippen LogP contribution is -2.35. The first kappa shape index (κ1) is 25.9. The predicted molar refractivity (Wildman–Crippen MR) is 124 cm³/mol. The van der Waals surface area contributed by atoms with E-state index < -0.39 is 29.6 Å². The van der Waals surface area contributed by atoms with Crippen LogP contribution in [0.1, 0.15) is 24.0 Å². The Morgan fingerprint density at radius 3 is 1.88 bits per heavy atom. The maximum atomic E-state index is 12.7. The van der Waals surface area contributed by atoms with Crippen LogP contribution in [-0.4, -0.2) is 55.8 Å². The van der Waals surface area contributed by atoms with Gasteiger partial charge in [0.2, 0.25) is 5.91 Å². The lowest BCUT2D eigenvalue weighted by Gasteiger charge is -2.16. The minimum Gasteiger partial charge on any atom is -0.504 e. The quantitative estimate of drug-likeness (QED) is 0.189. The average Bonchev–Trinajstić information content (AvgIpc) is 2.79. The van der Waals surface area contributed by atoms with Gasteiger partial charge in [0, 0.05) is 18.5 Å². The van der Waals surface area contributed by atoms with Crippen molar-refractivity contribution in [3.63, 3.8) is 0 Å². The van der Waals surface area contributed by atoms with Crippen molar-refractivity contribution in [2.75, 3.05) is 6.54 Å². The summed E-state index contributed by atoms with van der Waals surface area (Å²) in [6.45, 7) is 0.0700. The van der Waals surface area contributed by atoms with Crippen LogP contribution in [0.25, 0.3) is 12.2 Å². The average molecular weight is 470 g/mol. The van der Waals surface area contributed by atoms with Crippen molar-refractivity contribution in [3.8, 4) is 23.0 Å². The van der Waals surface area contributed by atoms with Crippen molar-refractivity contribution in [1.29, 1.82) is 0 Å². The van der Waals surface area contributed by atoms with E-state index >= 15 is 0 Å². The molecule has 0 spiro atoms. The lowest BCUT2D eigenvalue weighted by molar-refractivity contribution is -0.139. The molecule has 2 aromatic carbocycles. The molecule has 1 amide bonds. The number of allylic oxidation sites excluding steroid dienone is 1. The van der Waals surface area contributed by atoms with E-state index in [1.807, 2.05) is 0 Å². The first-order valence-electron chi connectivity index (χ1n) is 10.3. The minimum atomic E-state index is -1.27. The van der Waals surface area contributed by atoms with Gasteiger partial charge in [-0.25, -0.2) is 0 Å². The molecule has 2 rings (SSSR count). The van der Waals surface area contributed by atoms with Crippen molar-refractivity contribution in [2.45, 2.75) is 18.9 Å². The lowest BCUT2D eigenvalue weighted by atomic mass is 9.92. The van der Waals surface area contributed by atoms with E-state index in [0.29, 0.717) is 11.1 Å². The number of carbonyl (C=O) groups is 3. The monoisotopic (exact) mass is 470 g/mol. The molecule has 2 aromatic rings. The van der Waals surface area contributed by atoms with Gasteiger partial charge in [0.1, 0.15) is 6.04 Å². The van der Waals surface area contributed by atoms with Crippen LogP contribution >= 0.6 is 0 Å². The van der Waals surface area contributed by atoms with Gasteiger partial charge in [-0.1, -0.05) is 18.2 Å². The summed E-state index contributed by atoms with van der Waals surface area (Å²) >= 11 is 0. The van der Waals surface area contributed by atoms with Gasteiger partial charge in [0.25, 0.3) is 0 Å². The van der Waals surface area contributed by atoms with Gasteiger partial charge >= 0.3 is 5.97 Å². The molecule has 0 aromatic heterocycles. The van der Waals surface area contributed by atoms with Crippen LogP contribution < -0.4 is 11.1 Å². The number of aromatic hydroxyl groups is 4. The largest absolute Gasteiger partial charge is 0.504 e. The Balaban J connectivity index is 1.99. The fraction of sp³-hybridized carbons (Fsp3) is 0.208. The molecule has 0 aliphatic heterocycles. The summed E-state index contributed by atoms with van der Waals surface area (Å²) in [4.78, 5) is 35.8. The fourth-order valence-electron chi connectivity index (χ4n) is 2.99. The number of carbonyl (C=O) groups excluding carboxylic acids is 2. The molecular formula is C24H26N2O8. The fourth-order valence-corrected chi connectivity index (χ4v) is 2.99. The highest BCUT2D eigenvalue weighted by Crippen LogP contribution is 2.26. The van der Waals surface area contributed by atoms with E-state index in [2.05, 4.69) is 5.32 Å². The molecule has 0 saturated heterocycles. The first-order valence-corrected chi connectivity index (χ1v) is 10.3. The Morgan fingerprint density at radius 2 is 1.38 bits per heavy atom. The Labute approximate surface area is 195 Å². The van der Waals surface area contributed by atoms with Crippen LogP contribution in [0, 0.1) is 5.92 Å². The molecule has 180 valence electrons. The summed E-state index contributed by atoms with van der Waals surface area (Å²) in [6.07, 6.45) is 5.26. The Morgan fingerprint density at radius 1 is 0.853 bits per heavy atom. The smallest absolute Gasteiger partial charge is 0.320 e. The van der Waals surface area contributed by atoms with E-state index in [0.717, 1.165) is 0 Å². The van der Waals surface area contributed by atoms with Gasteiger partial charge in [0.15, 0.2) is 28.8 Å². The van der Waals surface area contributed by atoms with E-state index in [1.54, 1.807) is 0 Å². The van der Waals surface area contributed by atoms with Crippen LogP contribution in [0.3, 0.4) is 0 Å². The number of hydrogen-bond donors (Lipinski definition) is 7. The molecule has 10 nitrogen and oxygen atoms in total. The minimum absolute atomic E-state index is 0.0700. The van der Waals surface area contributed by atoms with Crippen LogP contribution in [0.4, 0.5) is 0 Å². The SMILES string of the molecule is N[C@@H](CC(CCNC(=O)C=Cc1ccc(O)c(O)c1)C(=O)C=Cc1ccc(O)c(O)c1)C(=O)O. The van der Waals surface area contributed by atoms with Crippen molar-refractivity contribution in [2.24, 2.45) is 11.7 Å². The first-order chi connectivity index (χ1) is 16.1. The zero-order valence-electron chi connectivity index (χ0n) is 18.1. The zero-order valence-corrected chi connectivity index (χ0v) is 18.1. The maximum absolute atomic E-state index is 12.7. The van der Waals surface area contributed by atoms with E-state index in [9.17, 15) is 34.8 Å². The van der Waals surface area contributed by atoms with Gasteiger partial charge in [-0.2, -0.15) is 0 Å². The Bertz CT molecular complexity index is 1110. The number of benzene rings is 2. The number of phenols is 4. The van der Waals surface area contributed by atoms with Crippen molar-refractivity contribution < 1.29 is 39.9 Å². The van der Waals surface area contributed by atoms with Crippen molar-refractivity contribution in [1.82, 2.24) is 5.32 Å². The molecule has 0 radical (unpaired) electrons. The zero-order chi connectivity index (χ0) is 25.3. The van der Waals surface area contributed by atoms with E-state index in [-0.39, 0.29) is 42.4 Å². The predicted octanol–water partition coefficient (Wildman–Crippen LogP) is 1.73. The molecule has 0 fully saturated rings. The molecule has 2 atom stereocenters. The molecule has 34 heavy (non-hydrogen) atoms. The molecular weight excluding hydrogens is 444 g/mol. The molecule has 0 aliphatic carbocycles. The van der Waals surface area contributed by atoms with Crippen molar-refractivity contribution in [3.05, 3.63) is 59.7 Å². The van der Waals surface area contributed by atoms with Crippen molar-refractivity contribution >= 4 is 29.8 Å². The molecule has 8 N–H and O–H groups in total. The third kappa shape index (κ3) is 7.99. The second kappa shape index (κ2) is 12.1. The normalized spacial score (nSPS) is 13.1. The number of carboxylic acids is 1. The highest BCUT2D eigenvalue weighted by Gasteiger charge is 2.23. The summed E-state index contributed by atoms with van der Waals surface area (Å²) in [7, 11) is 0. The number of hydrogen-bond acceptors (Lipinski definition) is 8. The maximum Gasteiger partial charge on any atom is 0.320 e. The number of carboxylic acid groups (broad SMARTS) is 1. The van der Waals surface area contributed by atoms with E-state index in [4.69, 9.17) is 10.8 Å². The number of nitrogens with one attached hydrogen (secondary N) is 1. The Kier molecular flexibility index (Phi) is 9.21. The van der Waals surface area contributed by atoms with E-state index in [1.165, 1.54) is 60.7 Å². The summed E-state index contributed by atoms with van der Waals surface area (Å²) in [5.41, 5.74) is 6.52. The van der Waals surface area contributed by atoms with Gasteiger partial charge in [0.05, 0.1) is 0 Å². The number of aliphatic carboxylic acids is 1. The standard InChI is InChI=1S/C24H26N2O8/c25-17(24(33)34)13-16(18(27)5-1-14-2-6-19(28)21(30)11-14)9-10-26-23(32)8-4-15-3-7-20(29)22(31)12-15/h1-8,11-12,16-17,28-31H,9-10,13,25H2,(H,26,32)(H,33,34)/t16?,17-/m0/s1. The summed E-state index contributed by atoms with van der Waals surface area (Å²) in [6, 6.07) is 6.80. The molecule has 0 heterocycles. The number of amides is 1. The molecule has 10 heteroatoms. The van der Waals surface area contributed by atoms with Gasteiger partial charge in [-0.15, -0.1) is 0 Å². The van der Waals surface area contributed by atoms with Gasteiger partial charge in [-0.05, 0) is 60.4 Å². The summed E-state index contributed by atoms with van der Waals surface area (Å²) in [5, 5.41) is 49.4. The Hall–Kier alpha value is -4.31. The summed E-state index contributed by atoms with van der Waals surface area (Å²) < 4.78 is 0. The second-order valence-corrected chi connectivity index (χ2v) is 7.52. The molecule has 0 saturated carbocycles. The third-order valence-corrected chi connectivity index (χ3v) is 4.92. The highest BCUT2D eigenvalue weighted by atomic mass is 16.4. The second-order valence-electron chi connectivity index (χ2n) is 7.52. The highest BCUT2D eigenvalue weighted by molar-refractivity contribution is 5.96. The van der Waals surface area contributed by atoms with Crippen LogP contribution in [0.2, 0.25) is 0 Å². The third-order valence-electron chi connectivity index (χ3n) is 4.92. The molecule has 1 unspecified atom stereocenters. The number of rotatable bonds is 11. The number of phenolic OH excluding ortho intramolecular Hbond substituents is 4. The summed E-state index contributed by atoms with van der Waals surface area (Å²) in [5.74, 6) is -4.19.